The van der Waals surface area contributed by atoms with Crippen molar-refractivity contribution < 1.29 is 9.84 Å². The van der Waals surface area contributed by atoms with Gasteiger partial charge in [-0.05, 0) is 47.6 Å². The van der Waals surface area contributed by atoms with Gasteiger partial charge in [-0.3, -0.25) is 4.68 Å². The second kappa shape index (κ2) is 5.92. The summed E-state index contributed by atoms with van der Waals surface area (Å²) in [5.41, 5.74) is -0.172. The Kier molecular flexibility index (Phi) is 4.98. The molecule has 0 saturated heterocycles. The molecule has 0 aliphatic rings. The maximum atomic E-state index is 10.7. The number of nitrogens with one attached hydrogen (secondary N) is 1. The zero-order valence-electron chi connectivity index (χ0n) is 12.9. The van der Waals surface area contributed by atoms with Crippen molar-refractivity contribution in [3.05, 3.63) is 11.9 Å². The monoisotopic (exact) mass is 269 g/mol. The van der Waals surface area contributed by atoms with E-state index in [-0.39, 0.29) is 5.54 Å². The predicted octanol–water partition coefficient (Wildman–Crippen LogP) is 1.90. The first-order valence-corrected chi connectivity index (χ1v) is 6.79. The molecule has 0 saturated carbocycles. The van der Waals surface area contributed by atoms with Crippen molar-refractivity contribution in [1.82, 2.24) is 15.1 Å². The third-order valence-corrected chi connectivity index (χ3v) is 3.10. The molecule has 0 amide bonds. The molecular formula is C14H27N3O2. The lowest BCUT2D eigenvalue weighted by atomic mass is 9.96. The minimum absolute atomic E-state index is 0.0468. The minimum atomic E-state index is -0.962. The van der Waals surface area contributed by atoms with E-state index in [9.17, 15) is 5.11 Å². The summed E-state index contributed by atoms with van der Waals surface area (Å²) in [5, 5.41) is 18.3. The molecule has 5 heteroatoms. The maximum Gasteiger partial charge on any atom is 0.162 e. The molecule has 0 fully saturated rings. The summed E-state index contributed by atoms with van der Waals surface area (Å²) in [6.45, 7) is 11.6. The fourth-order valence-corrected chi connectivity index (χ4v) is 2.10. The zero-order chi connectivity index (χ0) is 14.7. The van der Waals surface area contributed by atoms with Gasteiger partial charge in [-0.1, -0.05) is 0 Å². The summed E-state index contributed by atoms with van der Waals surface area (Å²) in [6.07, 6.45) is 2.26. The second-order valence-corrected chi connectivity index (χ2v) is 6.08. The molecule has 1 heterocycles. The number of aliphatic hydroxyl groups is 1. The average Bonchev–Trinajstić information content (AvgIpc) is 2.70. The van der Waals surface area contributed by atoms with Crippen LogP contribution >= 0.6 is 0 Å². The van der Waals surface area contributed by atoms with Crippen LogP contribution < -0.4 is 10.1 Å². The molecular weight excluding hydrogens is 242 g/mol. The molecule has 1 aromatic heterocycles. The van der Waals surface area contributed by atoms with Gasteiger partial charge in [0.1, 0.15) is 11.3 Å². The van der Waals surface area contributed by atoms with Gasteiger partial charge in [0, 0.05) is 12.1 Å². The Morgan fingerprint density at radius 1 is 1.37 bits per heavy atom. The molecule has 1 aromatic rings. The van der Waals surface area contributed by atoms with Crippen LogP contribution in [-0.2, 0) is 12.1 Å². The first-order valence-electron chi connectivity index (χ1n) is 6.79. The highest BCUT2D eigenvalue weighted by Gasteiger charge is 2.31. The molecule has 0 aliphatic heterocycles. The SMILES string of the molecule is CCn1ncc(OC)c1C(C)(O)CCNC(C)(C)C. The Labute approximate surface area is 116 Å². The standard InChI is InChI=1S/C14H27N3O2/c1-7-17-12(11(19-6)10-16-17)14(5,18)8-9-15-13(2,3)4/h10,15,18H,7-9H2,1-6H3. The van der Waals surface area contributed by atoms with Gasteiger partial charge in [0.05, 0.1) is 13.3 Å². The lowest BCUT2D eigenvalue weighted by molar-refractivity contribution is 0.0348. The highest BCUT2D eigenvalue weighted by atomic mass is 16.5. The van der Waals surface area contributed by atoms with Crippen LogP contribution in [0.15, 0.2) is 6.20 Å². The van der Waals surface area contributed by atoms with Gasteiger partial charge in [-0.25, -0.2) is 0 Å². The van der Waals surface area contributed by atoms with Crippen LogP contribution in [0.4, 0.5) is 0 Å². The Balaban J connectivity index is 2.84. The van der Waals surface area contributed by atoms with Crippen LogP contribution in [0.2, 0.25) is 0 Å². The van der Waals surface area contributed by atoms with E-state index < -0.39 is 5.60 Å². The van der Waals surface area contributed by atoms with Crippen LogP contribution in [-0.4, -0.2) is 34.1 Å². The summed E-state index contributed by atoms with van der Waals surface area (Å²) in [6, 6.07) is 0. The number of rotatable bonds is 6. The van der Waals surface area contributed by atoms with E-state index in [2.05, 4.69) is 31.2 Å². The van der Waals surface area contributed by atoms with Crippen molar-refractivity contribution in [2.24, 2.45) is 0 Å². The van der Waals surface area contributed by atoms with Crippen molar-refractivity contribution in [3.8, 4) is 5.75 Å². The largest absolute Gasteiger partial charge is 0.493 e. The zero-order valence-corrected chi connectivity index (χ0v) is 12.9. The highest BCUT2D eigenvalue weighted by molar-refractivity contribution is 5.30. The fraction of sp³-hybridized carbons (Fsp3) is 0.786. The van der Waals surface area contributed by atoms with Crippen molar-refractivity contribution >= 4 is 0 Å². The van der Waals surface area contributed by atoms with Gasteiger partial charge in [-0.15, -0.1) is 0 Å². The lowest BCUT2D eigenvalue weighted by Crippen LogP contribution is -2.39. The summed E-state index contributed by atoms with van der Waals surface area (Å²) in [7, 11) is 1.60. The van der Waals surface area contributed by atoms with E-state index in [4.69, 9.17) is 4.74 Å². The van der Waals surface area contributed by atoms with Crippen LogP contribution in [0.5, 0.6) is 5.75 Å². The molecule has 0 spiro atoms. The third kappa shape index (κ3) is 4.21. The maximum absolute atomic E-state index is 10.7. The third-order valence-electron chi connectivity index (χ3n) is 3.10. The predicted molar refractivity (Wildman–Crippen MR) is 76.4 cm³/mol. The van der Waals surface area contributed by atoms with Crippen molar-refractivity contribution in [2.75, 3.05) is 13.7 Å². The Morgan fingerprint density at radius 2 is 2.00 bits per heavy atom. The van der Waals surface area contributed by atoms with Crippen LogP contribution in [0.1, 0.15) is 46.7 Å². The van der Waals surface area contributed by atoms with E-state index in [1.807, 2.05) is 13.8 Å². The molecule has 110 valence electrons. The van der Waals surface area contributed by atoms with Gasteiger partial charge >= 0.3 is 0 Å². The number of nitrogens with zero attached hydrogens (tertiary/aromatic N) is 2. The van der Waals surface area contributed by atoms with Gasteiger partial charge in [-0.2, -0.15) is 5.10 Å². The smallest absolute Gasteiger partial charge is 0.162 e. The Morgan fingerprint density at radius 3 is 2.47 bits per heavy atom. The molecule has 2 N–H and O–H groups in total. The summed E-state index contributed by atoms with van der Waals surface area (Å²) >= 11 is 0. The molecule has 0 bridgehead atoms. The molecule has 1 rings (SSSR count). The molecule has 19 heavy (non-hydrogen) atoms. The summed E-state index contributed by atoms with van der Waals surface area (Å²) < 4.78 is 7.09. The topological polar surface area (TPSA) is 59.3 Å². The molecule has 5 nitrogen and oxygen atoms in total. The number of hydrogen-bond acceptors (Lipinski definition) is 4. The minimum Gasteiger partial charge on any atom is -0.493 e. The summed E-state index contributed by atoms with van der Waals surface area (Å²) in [4.78, 5) is 0. The molecule has 1 atom stereocenters. The van der Waals surface area contributed by atoms with Crippen LogP contribution in [0.3, 0.4) is 0 Å². The van der Waals surface area contributed by atoms with Crippen LogP contribution in [0.25, 0.3) is 0 Å². The van der Waals surface area contributed by atoms with E-state index in [1.54, 1.807) is 18.0 Å². The van der Waals surface area contributed by atoms with Gasteiger partial charge < -0.3 is 15.2 Å². The number of aromatic nitrogens is 2. The highest BCUT2D eigenvalue weighted by Crippen LogP contribution is 2.32. The molecule has 1 unspecified atom stereocenters. The average molecular weight is 269 g/mol. The molecule has 0 radical (unpaired) electrons. The molecule has 0 aromatic carbocycles. The van der Waals surface area contributed by atoms with Gasteiger partial charge in [0.15, 0.2) is 5.75 Å². The van der Waals surface area contributed by atoms with Gasteiger partial charge in [0.2, 0.25) is 0 Å². The number of ether oxygens (including phenoxy) is 1. The van der Waals surface area contributed by atoms with Crippen molar-refractivity contribution in [2.45, 2.75) is 58.7 Å². The fourth-order valence-electron chi connectivity index (χ4n) is 2.10. The van der Waals surface area contributed by atoms with E-state index in [0.29, 0.717) is 18.7 Å². The number of hydrogen-bond donors (Lipinski definition) is 2. The van der Waals surface area contributed by atoms with E-state index in [0.717, 1.165) is 12.2 Å². The first kappa shape index (κ1) is 16.0. The Hall–Kier alpha value is -1.07. The van der Waals surface area contributed by atoms with E-state index >= 15 is 0 Å². The van der Waals surface area contributed by atoms with E-state index in [1.165, 1.54) is 0 Å². The Bertz CT molecular complexity index is 384. The number of aryl methyl sites for hydroxylation is 1. The quantitative estimate of drug-likeness (QED) is 0.828. The number of methoxy groups -OCH3 is 1. The molecule has 0 aliphatic carbocycles. The lowest BCUT2D eigenvalue weighted by Gasteiger charge is -2.28. The van der Waals surface area contributed by atoms with Crippen molar-refractivity contribution in [1.29, 1.82) is 0 Å². The first-order chi connectivity index (χ1) is 8.71. The van der Waals surface area contributed by atoms with Crippen molar-refractivity contribution in [3.63, 3.8) is 0 Å². The van der Waals surface area contributed by atoms with Gasteiger partial charge in [0.25, 0.3) is 0 Å². The van der Waals surface area contributed by atoms with Crippen LogP contribution in [0, 0.1) is 0 Å². The normalized spacial score (nSPS) is 15.3. The second-order valence-electron chi connectivity index (χ2n) is 6.08. The summed E-state index contributed by atoms with van der Waals surface area (Å²) in [5.74, 6) is 0.641.